The zero-order valence-corrected chi connectivity index (χ0v) is 11.1. The van der Waals surface area contributed by atoms with Gasteiger partial charge in [0.15, 0.2) is 0 Å². The van der Waals surface area contributed by atoms with Gasteiger partial charge in [-0.3, -0.25) is 4.79 Å². The molecule has 0 saturated heterocycles. The lowest BCUT2D eigenvalue weighted by atomic mass is 10.1. The number of amides is 1. The molecule has 0 radical (unpaired) electrons. The minimum Gasteiger partial charge on any atom is -0.348 e. The standard InChI is InChI=1S/C12H17BrN2O/c1-3-11(14)12(16)15-8(2)9-5-4-6-10(13)7-9/h4-8,11H,3,14H2,1-2H3,(H,15,16)/t8-,11-/m0/s1. The van der Waals surface area contributed by atoms with E-state index >= 15 is 0 Å². The van der Waals surface area contributed by atoms with Gasteiger partial charge in [0.2, 0.25) is 5.91 Å². The SMILES string of the molecule is CC[C@H](N)C(=O)N[C@@H](C)c1cccc(Br)c1. The molecule has 3 nitrogen and oxygen atoms in total. The van der Waals surface area contributed by atoms with Crippen LogP contribution in [0.15, 0.2) is 28.7 Å². The van der Waals surface area contributed by atoms with Crippen LogP contribution in [0.25, 0.3) is 0 Å². The zero-order valence-electron chi connectivity index (χ0n) is 9.53. The summed E-state index contributed by atoms with van der Waals surface area (Å²) >= 11 is 3.40. The molecule has 0 heterocycles. The van der Waals surface area contributed by atoms with Crippen molar-refractivity contribution in [3.63, 3.8) is 0 Å². The minimum absolute atomic E-state index is 0.0254. The number of hydrogen-bond donors (Lipinski definition) is 2. The van der Waals surface area contributed by atoms with E-state index in [0.717, 1.165) is 10.0 Å². The Balaban J connectivity index is 2.65. The maximum Gasteiger partial charge on any atom is 0.237 e. The van der Waals surface area contributed by atoms with Gasteiger partial charge in [-0.15, -0.1) is 0 Å². The molecule has 0 aliphatic rings. The van der Waals surface area contributed by atoms with Gasteiger partial charge < -0.3 is 11.1 Å². The Bertz CT molecular complexity index is 368. The van der Waals surface area contributed by atoms with Crippen LogP contribution in [0.3, 0.4) is 0 Å². The molecule has 0 saturated carbocycles. The molecule has 1 aromatic carbocycles. The second kappa shape index (κ2) is 6.01. The molecule has 3 N–H and O–H groups in total. The first-order valence-corrected chi connectivity index (χ1v) is 6.15. The number of carbonyl (C=O) groups is 1. The van der Waals surface area contributed by atoms with Crippen molar-refractivity contribution in [2.75, 3.05) is 0 Å². The Hall–Kier alpha value is -0.870. The highest BCUT2D eigenvalue weighted by molar-refractivity contribution is 9.10. The topological polar surface area (TPSA) is 55.1 Å². The van der Waals surface area contributed by atoms with Crippen LogP contribution in [-0.4, -0.2) is 11.9 Å². The summed E-state index contributed by atoms with van der Waals surface area (Å²) in [6, 6.07) is 7.42. The van der Waals surface area contributed by atoms with Crippen LogP contribution in [0.2, 0.25) is 0 Å². The lowest BCUT2D eigenvalue weighted by Crippen LogP contribution is -2.41. The number of nitrogens with two attached hydrogens (primary N) is 1. The fraction of sp³-hybridized carbons (Fsp3) is 0.417. The van der Waals surface area contributed by atoms with E-state index in [9.17, 15) is 4.79 Å². The fourth-order valence-electron chi connectivity index (χ4n) is 1.37. The highest BCUT2D eigenvalue weighted by Crippen LogP contribution is 2.17. The van der Waals surface area contributed by atoms with Crippen LogP contribution in [0.4, 0.5) is 0 Å². The highest BCUT2D eigenvalue weighted by Gasteiger charge is 2.14. The summed E-state index contributed by atoms with van der Waals surface area (Å²) in [5.74, 6) is -0.102. The van der Waals surface area contributed by atoms with Gasteiger partial charge in [0.05, 0.1) is 12.1 Å². The van der Waals surface area contributed by atoms with Crippen LogP contribution in [-0.2, 0) is 4.79 Å². The van der Waals surface area contributed by atoms with Crippen LogP contribution < -0.4 is 11.1 Å². The molecule has 0 aromatic heterocycles. The first kappa shape index (κ1) is 13.2. The Morgan fingerprint density at radius 3 is 2.81 bits per heavy atom. The van der Waals surface area contributed by atoms with Gasteiger partial charge in [-0.1, -0.05) is 35.0 Å². The molecule has 4 heteroatoms. The van der Waals surface area contributed by atoms with Gasteiger partial charge >= 0.3 is 0 Å². The van der Waals surface area contributed by atoms with Gasteiger partial charge in [0.25, 0.3) is 0 Å². The first-order chi connectivity index (χ1) is 7.54. The predicted octanol–water partition coefficient (Wildman–Crippen LogP) is 2.36. The third-order valence-corrected chi connectivity index (χ3v) is 2.98. The van der Waals surface area contributed by atoms with Crippen LogP contribution >= 0.6 is 15.9 Å². The van der Waals surface area contributed by atoms with Crippen LogP contribution in [0.5, 0.6) is 0 Å². The zero-order chi connectivity index (χ0) is 12.1. The average molecular weight is 285 g/mol. The highest BCUT2D eigenvalue weighted by atomic mass is 79.9. The van der Waals surface area contributed by atoms with E-state index in [2.05, 4.69) is 21.2 Å². The van der Waals surface area contributed by atoms with E-state index in [4.69, 9.17) is 5.73 Å². The van der Waals surface area contributed by atoms with Crippen molar-refractivity contribution in [2.45, 2.75) is 32.4 Å². The van der Waals surface area contributed by atoms with E-state index in [1.807, 2.05) is 38.1 Å². The van der Waals surface area contributed by atoms with Crippen molar-refractivity contribution in [1.82, 2.24) is 5.32 Å². The normalized spacial score (nSPS) is 14.2. The lowest BCUT2D eigenvalue weighted by Gasteiger charge is -2.17. The molecular formula is C12H17BrN2O. The summed E-state index contributed by atoms with van der Waals surface area (Å²) in [5.41, 5.74) is 6.71. The Kier molecular flexibility index (Phi) is 4.96. The molecule has 1 rings (SSSR count). The summed E-state index contributed by atoms with van der Waals surface area (Å²) in [6.45, 7) is 3.84. The summed E-state index contributed by atoms with van der Waals surface area (Å²) < 4.78 is 1.01. The largest absolute Gasteiger partial charge is 0.348 e. The van der Waals surface area contributed by atoms with Crippen molar-refractivity contribution >= 4 is 21.8 Å². The molecule has 1 amide bonds. The third kappa shape index (κ3) is 3.61. The van der Waals surface area contributed by atoms with Crippen LogP contribution in [0, 0.1) is 0 Å². The number of nitrogens with one attached hydrogen (secondary N) is 1. The predicted molar refractivity (Wildman–Crippen MR) is 69.0 cm³/mol. The number of hydrogen-bond acceptors (Lipinski definition) is 2. The second-order valence-corrected chi connectivity index (χ2v) is 4.72. The molecule has 0 aliphatic carbocycles. The van der Waals surface area contributed by atoms with Crippen molar-refractivity contribution in [1.29, 1.82) is 0 Å². The smallest absolute Gasteiger partial charge is 0.237 e. The summed E-state index contributed by atoms with van der Waals surface area (Å²) in [5, 5.41) is 2.89. The van der Waals surface area contributed by atoms with E-state index in [1.54, 1.807) is 0 Å². The molecule has 0 unspecified atom stereocenters. The van der Waals surface area contributed by atoms with Crippen molar-refractivity contribution in [3.8, 4) is 0 Å². The third-order valence-electron chi connectivity index (χ3n) is 2.48. The maximum absolute atomic E-state index is 11.6. The molecule has 0 bridgehead atoms. The summed E-state index contributed by atoms with van der Waals surface area (Å²) in [6.07, 6.45) is 0.650. The van der Waals surface area contributed by atoms with Gasteiger partial charge in [-0.25, -0.2) is 0 Å². The molecule has 0 fully saturated rings. The molecule has 0 aliphatic heterocycles. The van der Waals surface area contributed by atoms with Crippen LogP contribution in [0.1, 0.15) is 31.9 Å². The van der Waals surface area contributed by atoms with E-state index in [-0.39, 0.29) is 11.9 Å². The minimum atomic E-state index is -0.422. The summed E-state index contributed by atoms with van der Waals surface area (Å²) in [7, 11) is 0. The van der Waals surface area contributed by atoms with Crippen molar-refractivity contribution < 1.29 is 4.79 Å². The molecule has 0 spiro atoms. The van der Waals surface area contributed by atoms with E-state index in [0.29, 0.717) is 6.42 Å². The van der Waals surface area contributed by atoms with E-state index < -0.39 is 6.04 Å². The molecule has 16 heavy (non-hydrogen) atoms. The van der Waals surface area contributed by atoms with E-state index in [1.165, 1.54) is 0 Å². The molecule has 88 valence electrons. The number of carbonyl (C=O) groups excluding carboxylic acids is 1. The van der Waals surface area contributed by atoms with Gasteiger partial charge in [0, 0.05) is 4.47 Å². The Morgan fingerprint density at radius 1 is 1.56 bits per heavy atom. The quantitative estimate of drug-likeness (QED) is 0.892. The van der Waals surface area contributed by atoms with Crippen molar-refractivity contribution in [3.05, 3.63) is 34.3 Å². The first-order valence-electron chi connectivity index (χ1n) is 5.36. The number of benzene rings is 1. The Labute approximate surface area is 105 Å². The monoisotopic (exact) mass is 284 g/mol. The van der Waals surface area contributed by atoms with Gasteiger partial charge in [-0.05, 0) is 31.0 Å². The molecule has 1 aromatic rings. The van der Waals surface area contributed by atoms with Crippen molar-refractivity contribution in [2.24, 2.45) is 5.73 Å². The second-order valence-electron chi connectivity index (χ2n) is 3.80. The Morgan fingerprint density at radius 2 is 2.25 bits per heavy atom. The molecule has 2 atom stereocenters. The van der Waals surface area contributed by atoms with Gasteiger partial charge in [0.1, 0.15) is 0 Å². The lowest BCUT2D eigenvalue weighted by molar-refractivity contribution is -0.123. The fourth-order valence-corrected chi connectivity index (χ4v) is 1.78. The number of rotatable bonds is 4. The average Bonchev–Trinajstić information content (AvgIpc) is 2.27. The van der Waals surface area contributed by atoms with Gasteiger partial charge in [-0.2, -0.15) is 0 Å². The summed E-state index contributed by atoms with van der Waals surface area (Å²) in [4.78, 5) is 11.6. The number of halogens is 1. The molecular weight excluding hydrogens is 268 g/mol. The maximum atomic E-state index is 11.6.